The van der Waals surface area contributed by atoms with Gasteiger partial charge in [0.2, 0.25) is 5.91 Å². The SMILES string of the molecule is CCCCCNC(=O)CSc1nc2ccccc2c(=O)n1-c1cc(C)ccc1C. The van der Waals surface area contributed by atoms with Gasteiger partial charge in [0.05, 0.1) is 22.3 Å². The highest BCUT2D eigenvalue weighted by atomic mass is 32.2. The van der Waals surface area contributed by atoms with Crippen LogP contribution in [0.3, 0.4) is 0 Å². The molecule has 0 spiro atoms. The molecule has 1 aromatic heterocycles. The van der Waals surface area contributed by atoms with Crippen LogP contribution < -0.4 is 10.9 Å². The molecule has 3 aromatic rings. The smallest absolute Gasteiger partial charge is 0.266 e. The first-order chi connectivity index (χ1) is 14.0. The van der Waals surface area contributed by atoms with E-state index in [1.807, 2.05) is 50.2 Å². The van der Waals surface area contributed by atoms with Gasteiger partial charge in [0, 0.05) is 6.54 Å². The number of rotatable bonds is 8. The fraction of sp³-hybridized carbons (Fsp3) is 0.348. The number of carbonyl (C=O) groups excluding carboxylic acids is 1. The second-order valence-electron chi connectivity index (χ2n) is 7.19. The summed E-state index contributed by atoms with van der Waals surface area (Å²) >= 11 is 1.30. The van der Waals surface area contributed by atoms with Crippen LogP contribution in [0.2, 0.25) is 0 Å². The van der Waals surface area contributed by atoms with E-state index in [1.165, 1.54) is 11.8 Å². The first kappa shape index (κ1) is 21.1. The minimum Gasteiger partial charge on any atom is -0.355 e. The average Bonchev–Trinajstić information content (AvgIpc) is 2.72. The molecule has 0 radical (unpaired) electrons. The van der Waals surface area contributed by atoms with E-state index >= 15 is 0 Å². The van der Waals surface area contributed by atoms with E-state index in [4.69, 9.17) is 4.98 Å². The number of benzene rings is 2. The Morgan fingerprint density at radius 3 is 2.72 bits per heavy atom. The number of nitrogens with one attached hydrogen (secondary N) is 1. The van der Waals surface area contributed by atoms with Crippen molar-refractivity contribution in [1.29, 1.82) is 0 Å². The maximum absolute atomic E-state index is 13.3. The van der Waals surface area contributed by atoms with E-state index in [1.54, 1.807) is 10.6 Å². The summed E-state index contributed by atoms with van der Waals surface area (Å²) < 4.78 is 1.64. The quantitative estimate of drug-likeness (QED) is 0.340. The lowest BCUT2D eigenvalue weighted by molar-refractivity contribution is -0.118. The predicted octanol–water partition coefficient (Wildman–Crippen LogP) is 4.40. The van der Waals surface area contributed by atoms with E-state index in [0.717, 1.165) is 36.1 Å². The lowest BCUT2D eigenvalue weighted by Gasteiger charge is -2.15. The third-order valence-corrected chi connectivity index (χ3v) is 5.72. The number of hydrogen-bond acceptors (Lipinski definition) is 4. The van der Waals surface area contributed by atoms with E-state index in [2.05, 4.69) is 12.2 Å². The molecule has 0 unspecified atom stereocenters. The number of fused-ring (bicyclic) bond motifs is 1. The van der Waals surface area contributed by atoms with Crippen molar-refractivity contribution in [3.63, 3.8) is 0 Å². The number of para-hydroxylation sites is 1. The predicted molar refractivity (Wildman–Crippen MR) is 120 cm³/mol. The zero-order chi connectivity index (χ0) is 20.8. The minimum absolute atomic E-state index is 0.0407. The zero-order valence-electron chi connectivity index (χ0n) is 17.2. The number of thioether (sulfide) groups is 1. The van der Waals surface area contributed by atoms with Crippen molar-refractivity contribution in [2.45, 2.75) is 45.2 Å². The van der Waals surface area contributed by atoms with Gasteiger partial charge in [0.25, 0.3) is 5.56 Å². The normalized spacial score (nSPS) is 11.0. The number of aryl methyl sites for hydroxylation is 2. The second-order valence-corrected chi connectivity index (χ2v) is 8.13. The van der Waals surface area contributed by atoms with Crippen LogP contribution in [-0.4, -0.2) is 27.8 Å². The van der Waals surface area contributed by atoms with Gasteiger partial charge in [-0.25, -0.2) is 4.98 Å². The van der Waals surface area contributed by atoms with Crippen LogP contribution >= 0.6 is 11.8 Å². The minimum atomic E-state index is -0.116. The van der Waals surface area contributed by atoms with Gasteiger partial charge in [0.1, 0.15) is 0 Å². The molecule has 29 heavy (non-hydrogen) atoms. The maximum atomic E-state index is 13.3. The highest BCUT2D eigenvalue weighted by Crippen LogP contribution is 2.23. The number of hydrogen-bond donors (Lipinski definition) is 1. The molecule has 0 aliphatic carbocycles. The van der Waals surface area contributed by atoms with Gasteiger partial charge in [-0.15, -0.1) is 0 Å². The molecular weight excluding hydrogens is 382 g/mol. The Labute approximate surface area is 175 Å². The molecule has 152 valence electrons. The molecule has 0 fully saturated rings. The molecule has 1 heterocycles. The van der Waals surface area contributed by atoms with Gasteiger partial charge < -0.3 is 5.32 Å². The largest absolute Gasteiger partial charge is 0.355 e. The van der Waals surface area contributed by atoms with Crippen LogP contribution in [0, 0.1) is 13.8 Å². The summed E-state index contributed by atoms with van der Waals surface area (Å²) in [5.74, 6) is 0.183. The van der Waals surface area contributed by atoms with E-state index < -0.39 is 0 Å². The van der Waals surface area contributed by atoms with Gasteiger partial charge in [0.15, 0.2) is 5.16 Å². The summed E-state index contributed by atoms with van der Waals surface area (Å²) in [7, 11) is 0. The molecule has 1 amide bonds. The molecule has 0 aliphatic heterocycles. The Morgan fingerprint density at radius 2 is 1.93 bits per heavy atom. The van der Waals surface area contributed by atoms with Crippen molar-refractivity contribution in [2.24, 2.45) is 0 Å². The third-order valence-electron chi connectivity index (χ3n) is 4.79. The van der Waals surface area contributed by atoms with Gasteiger partial charge in [-0.1, -0.05) is 55.8 Å². The van der Waals surface area contributed by atoms with E-state index in [-0.39, 0.29) is 17.2 Å². The monoisotopic (exact) mass is 409 g/mol. The van der Waals surface area contributed by atoms with Crippen molar-refractivity contribution in [2.75, 3.05) is 12.3 Å². The van der Waals surface area contributed by atoms with Crippen molar-refractivity contribution < 1.29 is 4.79 Å². The summed E-state index contributed by atoms with van der Waals surface area (Å²) in [6.45, 7) is 6.79. The molecule has 5 nitrogen and oxygen atoms in total. The fourth-order valence-electron chi connectivity index (χ4n) is 3.17. The Hall–Kier alpha value is -2.60. The maximum Gasteiger partial charge on any atom is 0.266 e. The Bertz CT molecular complexity index is 1080. The summed E-state index contributed by atoms with van der Waals surface area (Å²) in [6.07, 6.45) is 3.20. The molecular formula is C23H27N3O2S. The standard InChI is InChI=1S/C23H27N3O2S/c1-4-5-8-13-24-21(27)15-29-23-25-19-10-7-6-9-18(19)22(28)26(23)20-14-16(2)11-12-17(20)3/h6-7,9-12,14H,4-5,8,13,15H2,1-3H3,(H,24,27). The number of amides is 1. The number of aromatic nitrogens is 2. The summed E-state index contributed by atoms with van der Waals surface area (Å²) in [6, 6.07) is 13.3. The van der Waals surface area contributed by atoms with Crippen LogP contribution in [-0.2, 0) is 4.79 Å². The van der Waals surface area contributed by atoms with E-state index in [0.29, 0.717) is 22.6 Å². The molecule has 0 atom stereocenters. The van der Waals surface area contributed by atoms with Gasteiger partial charge in [-0.2, -0.15) is 0 Å². The van der Waals surface area contributed by atoms with Gasteiger partial charge >= 0.3 is 0 Å². The second kappa shape index (κ2) is 9.74. The van der Waals surface area contributed by atoms with Gasteiger partial charge in [-0.05, 0) is 49.6 Å². The van der Waals surface area contributed by atoms with Gasteiger partial charge in [-0.3, -0.25) is 14.2 Å². The summed E-state index contributed by atoms with van der Waals surface area (Å²) in [4.78, 5) is 30.3. The van der Waals surface area contributed by atoms with Crippen molar-refractivity contribution in [3.05, 3.63) is 63.9 Å². The first-order valence-electron chi connectivity index (χ1n) is 10.00. The van der Waals surface area contributed by atoms with Crippen molar-refractivity contribution in [3.8, 4) is 5.69 Å². The highest BCUT2D eigenvalue weighted by molar-refractivity contribution is 7.99. The van der Waals surface area contributed by atoms with Crippen LogP contribution in [0.4, 0.5) is 0 Å². The van der Waals surface area contributed by atoms with Crippen LogP contribution in [0.25, 0.3) is 16.6 Å². The third kappa shape index (κ3) is 5.07. The van der Waals surface area contributed by atoms with Crippen LogP contribution in [0.1, 0.15) is 37.3 Å². The molecule has 1 N–H and O–H groups in total. The summed E-state index contributed by atoms with van der Waals surface area (Å²) in [5, 5.41) is 4.05. The molecule has 0 bridgehead atoms. The number of unbranched alkanes of at least 4 members (excludes halogenated alkanes) is 2. The molecule has 6 heteroatoms. The Kier molecular flexibility index (Phi) is 7.09. The zero-order valence-corrected chi connectivity index (χ0v) is 18.0. The molecule has 0 aliphatic rings. The molecule has 2 aromatic carbocycles. The lowest BCUT2D eigenvalue weighted by atomic mass is 10.1. The molecule has 0 saturated heterocycles. The lowest BCUT2D eigenvalue weighted by Crippen LogP contribution is -2.27. The Morgan fingerprint density at radius 1 is 1.14 bits per heavy atom. The van der Waals surface area contributed by atoms with Crippen LogP contribution in [0.5, 0.6) is 0 Å². The van der Waals surface area contributed by atoms with E-state index in [9.17, 15) is 9.59 Å². The Balaban J connectivity index is 1.96. The number of carbonyl (C=O) groups is 1. The van der Waals surface area contributed by atoms with Crippen molar-refractivity contribution in [1.82, 2.24) is 14.9 Å². The number of nitrogens with zero attached hydrogens (tertiary/aromatic N) is 2. The molecule has 0 saturated carbocycles. The summed E-state index contributed by atoms with van der Waals surface area (Å²) in [5.41, 5.74) is 3.38. The van der Waals surface area contributed by atoms with Crippen LogP contribution in [0.15, 0.2) is 52.4 Å². The first-order valence-corrected chi connectivity index (χ1v) is 11.0. The average molecular weight is 410 g/mol. The topological polar surface area (TPSA) is 64.0 Å². The molecule has 3 rings (SSSR count). The highest BCUT2D eigenvalue weighted by Gasteiger charge is 2.16. The van der Waals surface area contributed by atoms with Crippen molar-refractivity contribution >= 4 is 28.6 Å². The fourth-order valence-corrected chi connectivity index (χ4v) is 4.00.